The van der Waals surface area contributed by atoms with Crippen LogP contribution in [-0.2, 0) is 12.8 Å². The largest absolute Gasteiger partial charge is 0.339 e. The van der Waals surface area contributed by atoms with E-state index >= 15 is 0 Å². The van der Waals surface area contributed by atoms with Crippen molar-refractivity contribution in [3.63, 3.8) is 0 Å². The second kappa shape index (κ2) is 7.09. The number of aromatic nitrogens is 2. The fraction of sp³-hybridized carbons (Fsp3) is 0.550. The van der Waals surface area contributed by atoms with Gasteiger partial charge in [-0.3, -0.25) is 0 Å². The maximum atomic E-state index is 12.7. The van der Waals surface area contributed by atoms with Gasteiger partial charge in [-0.2, -0.15) is 4.98 Å². The number of nitrogens with one attached hydrogen (secondary N) is 1. The third-order valence-corrected chi connectivity index (χ3v) is 5.66. The zero-order valence-corrected chi connectivity index (χ0v) is 15.5. The Bertz CT molecular complexity index is 797. The first-order valence-electron chi connectivity index (χ1n) is 9.72. The smallest absolute Gasteiger partial charge is 0.318 e. The topological polar surface area (TPSA) is 71.3 Å². The third kappa shape index (κ3) is 3.08. The van der Waals surface area contributed by atoms with Crippen molar-refractivity contribution in [3.8, 4) is 11.4 Å². The highest BCUT2D eigenvalue weighted by Gasteiger charge is 2.31. The van der Waals surface area contributed by atoms with Gasteiger partial charge in [0.25, 0.3) is 0 Å². The molecule has 138 valence electrons. The Kier molecular flexibility index (Phi) is 4.66. The number of hydrogen-bond acceptors (Lipinski definition) is 4. The van der Waals surface area contributed by atoms with Crippen molar-refractivity contribution in [3.05, 3.63) is 35.2 Å². The minimum atomic E-state index is 0.0740. The van der Waals surface area contributed by atoms with E-state index in [9.17, 15) is 4.79 Å². The van der Waals surface area contributed by atoms with Gasteiger partial charge in [-0.15, -0.1) is 0 Å². The molecule has 2 aliphatic carbocycles. The van der Waals surface area contributed by atoms with Crippen LogP contribution in [0.15, 0.2) is 22.7 Å². The molecule has 6 heteroatoms. The van der Waals surface area contributed by atoms with Crippen molar-refractivity contribution in [1.29, 1.82) is 0 Å². The predicted molar refractivity (Wildman–Crippen MR) is 98.7 cm³/mol. The molecule has 2 aliphatic rings. The molecule has 1 heterocycles. The van der Waals surface area contributed by atoms with Crippen molar-refractivity contribution in [2.24, 2.45) is 0 Å². The van der Waals surface area contributed by atoms with E-state index in [-0.39, 0.29) is 12.1 Å². The van der Waals surface area contributed by atoms with Crippen LogP contribution in [-0.4, -0.2) is 33.7 Å². The summed E-state index contributed by atoms with van der Waals surface area (Å²) < 4.78 is 5.21. The average molecular weight is 354 g/mol. The van der Waals surface area contributed by atoms with Crippen LogP contribution in [0.5, 0.6) is 0 Å². The lowest BCUT2D eigenvalue weighted by atomic mass is 9.92. The number of rotatable bonds is 5. The number of amides is 2. The quantitative estimate of drug-likeness (QED) is 0.885. The molecule has 1 aromatic heterocycles. The SMILES string of the molecule is CCc1nc(-c2ccc3c(c2)CC[C@H]3NC(=O)N(CC)C2CCC2)no1. The lowest BCUT2D eigenvalue weighted by molar-refractivity contribution is 0.139. The van der Waals surface area contributed by atoms with E-state index in [1.165, 1.54) is 17.5 Å². The van der Waals surface area contributed by atoms with Gasteiger partial charge in [0.05, 0.1) is 6.04 Å². The first-order valence-corrected chi connectivity index (χ1v) is 9.72. The molecule has 0 bridgehead atoms. The lowest BCUT2D eigenvalue weighted by Crippen LogP contribution is -2.49. The number of aryl methyl sites for hydroxylation is 2. The van der Waals surface area contributed by atoms with Gasteiger partial charge < -0.3 is 14.7 Å². The summed E-state index contributed by atoms with van der Waals surface area (Å²) in [6, 6.07) is 6.85. The Hall–Kier alpha value is -2.37. The van der Waals surface area contributed by atoms with Crippen molar-refractivity contribution in [1.82, 2.24) is 20.4 Å². The molecule has 0 radical (unpaired) electrons. The zero-order chi connectivity index (χ0) is 18.1. The molecule has 4 rings (SSSR count). The molecule has 6 nitrogen and oxygen atoms in total. The highest BCUT2D eigenvalue weighted by molar-refractivity contribution is 5.75. The fourth-order valence-corrected chi connectivity index (χ4v) is 3.92. The number of nitrogens with zero attached hydrogens (tertiary/aromatic N) is 3. The van der Waals surface area contributed by atoms with E-state index in [1.54, 1.807) is 0 Å². The molecule has 1 aromatic carbocycles. The fourth-order valence-electron chi connectivity index (χ4n) is 3.92. The van der Waals surface area contributed by atoms with Gasteiger partial charge in [-0.05, 0) is 56.2 Å². The Morgan fingerprint density at radius 2 is 2.15 bits per heavy atom. The van der Waals surface area contributed by atoms with Gasteiger partial charge in [0, 0.05) is 24.6 Å². The predicted octanol–water partition coefficient (Wildman–Crippen LogP) is 3.87. The van der Waals surface area contributed by atoms with E-state index in [1.807, 2.05) is 17.9 Å². The van der Waals surface area contributed by atoms with Gasteiger partial charge in [0.2, 0.25) is 11.7 Å². The monoisotopic (exact) mass is 354 g/mol. The van der Waals surface area contributed by atoms with Crippen molar-refractivity contribution in [2.45, 2.75) is 64.5 Å². The number of benzene rings is 1. The summed E-state index contributed by atoms with van der Waals surface area (Å²) in [5.74, 6) is 1.29. The molecule has 2 aromatic rings. The maximum absolute atomic E-state index is 12.7. The van der Waals surface area contributed by atoms with Crippen LogP contribution in [0.2, 0.25) is 0 Å². The van der Waals surface area contributed by atoms with Gasteiger partial charge in [-0.1, -0.05) is 24.2 Å². The Labute approximate surface area is 154 Å². The van der Waals surface area contributed by atoms with Crippen LogP contribution in [0.3, 0.4) is 0 Å². The summed E-state index contributed by atoms with van der Waals surface area (Å²) in [5.41, 5.74) is 3.46. The van der Waals surface area contributed by atoms with E-state index in [2.05, 4.69) is 34.5 Å². The third-order valence-electron chi connectivity index (χ3n) is 5.66. The number of fused-ring (bicyclic) bond motifs is 1. The number of hydrogen-bond donors (Lipinski definition) is 1. The summed E-state index contributed by atoms with van der Waals surface area (Å²) in [5, 5.41) is 7.30. The van der Waals surface area contributed by atoms with E-state index in [0.29, 0.717) is 17.8 Å². The van der Waals surface area contributed by atoms with Crippen LogP contribution in [0, 0.1) is 0 Å². The van der Waals surface area contributed by atoms with Gasteiger partial charge in [0.1, 0.15) is 0 Å². The molecular weight excluding hydrogens is 328 g/mol. The molecule has 1 atom stereocenters. The number of carbonyl (C=O) groups excluding carboxylic acids is 1. The second-order valence-electron chi connectivity index (χ2n) is 7.19. The van der Waals surface area contributed by atoms with E-state index in [0.717, 1.165) is 44.2 Å². The minimum Gasteiger partial charge on any atom is -0.339 e. The first-order chi connectivity index (χ1) is 12.7. The van der Waals surface area contributed by atoms with Crippen molar-refractivity contribution >= 4 is 6.03 Å². The van der Waals surface area contributed by atoms with Crippen LogP contribution < -0.4 is 5.32 Å². The summed E-state index contributed by atoms with van der Waals surface area (Å²) in [6.45, 7) is 4.82. The highest BCUT2D eigenvalue weighted by Crippen LogP contribution is 2.34. The van der Waals surface area contributed by atoms with Gasteiger partial charge >= 0.3 is 6.03 Å². The molecule has 0 unspecified atom stereocenters. The molecule has 2 amide bonds. The lowest BCUT2D eigenvalue weighted by Gasteiger charge is -2.37. The van der Waals surface area contributed by atoms with E-state index in [4.69, 9.17) is 4.52 Å². The van der Waals surface area contributed by atoms with Crippen LogP contribution >= 0.6 is 0 Å². The summed E-state index contributed by atoms with van der Waals surface area (Å²) in [4.78, 5) is 19.1. The minimum absolute atomic E-state index is 0.0740. The molecule has 26 heavy (non-hydrogen) atoms. The van der Waals surface area contributed by atoms with Crippen LogP contribution in [0.1, 0.15) is 62.6 Å². The van der Waals surface area contributed by atoms with Crippen molar-refractivity contribution in [2.75, 3.05) is 6.54 Å². The highest BCUT2D eigenvalue weighted by atomic mass is 16.5. The van der Waals surface area contributed by atoms with Gasteiger partial charge in [-0.25, -0.2) is 4.79 Å². The second-order valence-corrected chi connectivity index (χ2v) is 7.19. The maximum Gasteiger partial charge on any atom is 0.318 e. The van der Waals surface area contributed by atoms with E-state index < -0.39 is 0 Å². The molecular formula is C20H26N4O2. The summed E-state index contributed by atoms with van der Waals surface area (Å²) in [7, 11) is 0. The number of urea groups is 1. The van der Waals surface area contributed by atoms with Crippen LogP contribution in [0.4, 0.5) is 4.79 Å². The summed E-state index contributed by atoms with van der Waals surface area (Å²) >= 11 is 0. The van der Waals surface area contributed by atoms with Gasteiger partial charge in [0.15, 0.2) is 0 Å². The standard InChI is InChI=1S/C20H26N4O2/c1-3-18-22-19(23-26-18)14-8-10-16-13(12-14)9-11-17(16)21-20(25)24(4-2)15-6-5-7-15/h8,10,12,15,17H,3-7,9,11H2,1-2H3,(H,21,25)/t17-/m1/s1. The van der Waals surface area contributed by atoms with Crippen LogP contribution in [0.25, 0.3) is 11.4 Å². The molecule has 0 aliphatic heterocycles. The normalized spacial score (nSPS) is 19.1. The molecule has 1 fully saturated rings. The molecule has 0 saturated heterocycles. The first kappa shape index (κ1) is 17.1. The Balaban J connectivity index is 1.48. The average Bonchev–Trinajstić information content (AvgIpc) is 3.24. The Morgan fingerprint density at radius 1 is 1.31 bits per heavy atom. The Morgan fingerprint density at radius 3 is 2.81 bits per heavy atom. The van der Waals surface area contributed by atoms with Crippen molar-refractivity contribution < 1.29 is 9.32 Å². The zero-order valence-electron chi connectivity index (χ0n) is 15.5. The summed E-state index contributed by atoms with van der Waals surface area (Å²) in [6.07, 6.45) is 6.15. The molecule has 1 saturated carbocycles. The number of carbonyl (C=O) groups is 1. The molecule has 0 spiro atoms. The molecule has 1 N–H and O–H groups in total.